The molecular weight excluding hydrogens is 247 g/mol. The quantitative estimate of drug-likeness (QED) is 0.611. The summed E-state index contributed by atoms with van der Waals surface area (Å²) in [5.41, 5.74) is 0.449. The highest BCUT2D eigenvalue weighted by molar-refractivity contribution is 5.97. The number of benzene rings is 2. The molecular formula is C15H11FO3. The van der Waals surface area contributed by atoms with E-state index in [9.17, 15) is 14.0 Å². The van der Waals surface area contributed by atoms with Crippen LogP contribution in [-0.4, -0.2) is 18.7 Å². The number of ether oxygens (including phenoxy) is 1. The van der Waals surface area contributed by atoms with E-state index in [0.29, 0.717) is 17.6 Å². The van der Waals surface area contributed by atoms with Crippen molar-refractivity contribution in [2.45, 2.75) is 0 Å². The molecule has 3 nitrogen and oxygen atoms in total. The second-order valence-corrected chi connectivity index (χ2v) is 3.88. The summed E-state index contributed by atoms with van der Waals surface area (Å²) in [5, 5.41) is 0. The molecule has 0 radical (unpaired) electrons. The number of Topliss-reactive ketones (excluding diaryl/α,β-unsaturated/α-hetero) is 1. The van der Waals surface area contributed by atoms with Gasteiger partial charge in [-0.1, -0.05) is 24.3 Å². The summed E-state index contributed by atoms with van der Waals surface area (Å²) >= 11 is 0. The first-order valence-corrected chi connectivity index (χ1v) is 5.66. The lowest BCUT2D eigenvalue weighted by Crippen LogP contribution is -2.13. The molecule has 0 amide bonds. The Bertz CT molecular complexity index is 608. The molecule has 0 unspecified atom stereocenters. The first kappa shape index (κ1) is 13.0. The van der Waals surface area contributed by atoms with Crippen LogP contribution in [0.25, 0.3) is 0 Å². The van der Waals surface area contributed by atoms with E-state index in [0.717, 1.165) is 0 Å². The van der Waals surface area contributed by atoms with Crippen molar-refractivity contribution in [2.24, 2.45) is 0 Å². The summed E-state index contributed by atoms with van der Waals surface area (Å²) < 4.78 is 18.6. The third-order valence-electron chi connectivity index (χ3n) is 2.54. The SMILES string of the molecule is O=Cc1cccc(OCC(=O)c2ccccc2F)c1. The molecule has 2 aromatic carbocycles. The van der Waals surface area contributed by atoms with Gasteiger partial charge in [-0.3, -0.25) is 9.59 Å². The second-order valence-electron chi connectivity index (χ2n) is 3.88. The molecule has 2 aromatic rings. The standard InChI is InChI=1S/C15H11FO3/c16-14-7-2-1-6-13(14)15(18)10-19-12-5-3-4-11(8-12)9-17/h1-9H,10H2. The van der Waals surface area contributed by atoms with Gasteiger partial charge < -0.3 is 4.74 Å². The lowest BCUT2D eigenvalue weighted by Gasteiger charge is -2.06. The minimum atomic E-state index is -0.572. The molecule has 0 fully saturated rings. The Labute approximate surface area is 109 Å². The van der Waals surface area contributed by atoms with E-state index >= 15 is 0 Å². The van der Waals surface area contributed by atoms with Crippen LogP contribution < -0.4 is 4.74 Å². The summed E-state index contributed by atoms with van der Waals surface area (Å²) in [4.78, 5) is 22.3. The van der Waals surface area contributed by atoms with Gasteiger partial charge in [0.25, 0.3) is 0 Å². The van der Waals surface area contributed by atoms with Crippen LogP contribution in [0.3, 0.4) is 0 Å². The zero-order chi connectivity index (χ0) is 13.7. The van der Waals surface area contributed by atoms with Gasteiger partial charge in [-0.05, 0) is 24.3 Å². The maximum Gasteiger partial charge on any atom is 0.203 e. The van der Waals surface area contributed by atoms with Crippen LogP contribution >= 0.6 is 0 Å². The molecule has 0 heterocycles. The fourth-order valence-corrected chi connectivity index (χ4v) is 1.59. The third-order valence-corrected chi connectivity index (χ3v) is 2.54. The molecule has 0 bridgehead atoms. The first-order chi connectivity index (χ1) is 9.20. The summed E-state index contributed by atoms with van der Waals surface area (Å²) in [7, 11) is 0. The fraction of sp³-hybridized carbons (Fsp3) is 0.0667. The van der Waals surface area contributed by atoms with Crippen molar-refractivity contribution in [3.05, 3.63) is 65.5 Å². The van der Waals surface area contributed by atoms with Crippen molar-refractivity contribution in [1.82, 2.24) is 0 Å². The summed E-state index contributed by atoms with van der Waals surface area (Å²) in [5.74, 6) is -0.623. The Morgan fingerprint density at radius 1 is 1.16 bits per heavy atom. The van der Waals surface area contributed by atoms with Gasteiger partial charge in [0.05, 0.1) is 5.56 Å². The van der Waals surface area contributed by atoms with Crippen molar-refractivity contribution in [3.8, 4) is 5.75 Å². The predicted octanol–water partition coefficient (Wildman–Crippen LogP) is 2.90. The molecule has 0 saturated heterocycles. The topological polar surface area (TPSA) is 43.4 Å². The highest BCUT2D eigenvalue weighted by Crippen LogP contribution is 2.13. The van der Waals surface area contributed by atoms with E-state index in [1.54, 1.807) is 24.3 Å². The zero-order valence-corrected chi connectivity index (χ0v) is 10.0. The maximum atomic E-state index is 13.4. The Morgan fingerprint density at radius 2 is 1.95 bits per heavy atom. The Balaban J connectivity index is 2.04. The van der Waals surface area contributed by atoms with Crippen LogP contribution in [0.5, 0.6) is 5.75 Å². The van der Waals surface area contributed by atoms with Gasteiger partial charge >= 0.3 is 0 Å². The van der Waals surface area contributed by atoms with Crippen molar-refractivity contribution in [1.29, 1.82) is 0 Å². The van der Waals surface area contributed by atoms with Crippen LogP contribution in [0.15, 0.2) is 48.5 Å². The van der Waals surface area contributed by atoms with E-state index in [4.69, 9.17) is 4.74 Å². The summed E-state index contributed by atoms with van der Waals surface area (Å²) in [6, 6.07) is 12.1. The molecule has 0 N–H and O–H groups in total. The van der Waals surface area contributed by atoms with Crippen molar-refractivity contribution < 1.29 is 18.7 Å². The highest BCUT2D eigenvalue weighted by atomic mass is 19.1. The third kappa shape index (κ3) is 3.25. The minimum absolute atomic E-state index is 0.00552. The van der Waals surface area contributed by atoms with Gasteiger partial charge in [-0.25, -0.2) is 4.39 Å². The lowest BCUT2D eigenvalue weighted by atomic mass is 10.1. The largest absolute Gasteiger partial charge is 0.485 e. The fourth-order valence-electron chi connectivity index (χ4n) is 1.59. The van der Waals surface area contributed by atoms with E-state index < -0.39 is 11.6 Å². The number of rotatable bonds is 5. The van der Waals surface area contributed by atoms with Crippen LogP contribution in [-0.2, 0) is 0 Å². The van der Waals surface area contributed by atoms with E-state index in [-0.39, 0.29) is 12.2 Å². The smallest absolute Gasteiger partial charge is 0.203 e. The molecule has 19 heavy (non-hydrogen) atoms. The maximum absolute atomic E-state index is 13.4. The summed E-state index contributed by atoms with van der Waals surface area (Å²) in [6.07, 6.45) is 0.686. The van der Waals surface area contributed by atoms with E-state index in [1.807, 2.05) is 0 Å². The molecule has 0 saturated carbocycles. The van der Waals surface area contributed by atoms with Crippen molar-refractivity contribution in [2.75, 3.05) is 6.61 Å². The molecule has 4 heteroatoms. The van der Waals surface area contributed by atoms with Crippen LogP contribution in [0, 0.1) is 5.82 Å². The molecule has 0 spiro atoms. The Hall–Kier alpha value is -2.49. The highest BCUT2D eigenvalue weighted by Gasteiger charge is 2.11. The zero-order valence-electron chi connectivity index (χ0n) is 10.0. The van der Waals surface area contributed by atoms with Gasteiger partial charge in [0.1, 0.15) is 17.9 Å². The van der Waals surface area contributed by atoms with Crippen molar-refractivity contribution >= 4 is 12.1 Å². The normalized spacial score (nSPS) is 9.95. The second kappa shape index (κ2) is 5.91. The molecule has 0 aromatic heterocycles. The minimum Gasteiger partial charge on any atom is -0.485 e. The molecule has 0 aliphatic carbocycles. The number of carbonyl (C=O) groups excluding carboxylic acids is 2. The number of aldehydes is 1. The number of carbonyl (C=O) groups is 2. The van der Waals surface area contributed by atoms with E-state index in [2.05, 4.69) is 0 Å². The first-order valence-electron chi connectivity index (χ1n) is 5.66. The predicted molar refractivity (Wildman–Crippen MR) is 68.1 cm³/mol. The average molecular weight is 258 g/mol. The van der Waals surface area contributed by atoms with Gasteiger partial charge in [0, 0.05) is 5.56 Å². The molecule has 0 aliphatic rings. The van der Waals surface area contributed by atoms with Crippen LogP contribution in [0.2, 0.25) is 0 Å². The number of hydrogen-bond donors (Lipinski definition) is 0. The monoisotopic (exact) mass is 258 g/mol. The number of ketones is 1. The Kier molecular flexibility index (Phi) is 4.03. The Morgan fingerprint density at radius 3 is 2.68 bits per heavy atom. The van der Waals surface area contributed by atoms with Gasteiger partial charge in [-0.2, -0.15) is 0 Å². The molecule has 96 valence electrons. The number of halogens is 1. The lowest BCUT2D eigenvalue weighted by molar-refractivity contribution is 0.0917. The van der Waals surface area contributed by atoms with Crippen LogP contribution in [0.4, 0.5) is 4.39 Å². The van der Waals surface area contributed by atoms with E-state index in [1.165, 1.54) is 24.3 Å². The molecule has 0 atom stereocenters. The van der Waals surface area contributed by atoms with Crippen molar-refractivity contribution in [3.63, 3.8) is 0 Å². The average Bonchev–Trinajstić information content (AvgIpc) is 2.45. The number of hydrogen-bond acceptors (Lipinski definition) is 3. The van der Waals surface area contributed by atoms with Crippen LogP contribution in [0.1, 0.15) is 20.7 Å². The summed E-state index contributed by atoms with van der Waals surface area (Å²) in [6.45, 7) is -0.275. The molecule has 2 rings (SSSR count). The van der Waals surface area contributed by atoms with Gasteiger partial charge in [-0.15, -0.1) is 0 Å². The van der Waals surface area contributed by atoms with Gasteiger partial charge in [0.15, 0.2) is 6.61 Å². The molecule has 0 aliphatic heterocycles. The van der Waals surface area contributed by atoms with Gasteiger partial charge in [0.2, 0.25) is 5.78 Å².